The molecule has 9 nitrogen and oxygen atoms in total. The van der Waals surface area contributed by atoms with Crippen LogP contribution in [0, 0.1) is 10.1 Å². The Morgan fingerprint density at radius 2 is 1.88 bits per heavy atom. The summed E-state index contributed by atoms with van der Waals surface area (Å²) in [6.45, 7) is 0. The van der Waals surface area contributed by atoms with Crippen molar-refractivity contribution in [3.8, 4) is 11.4 Å². The molecular weight excluding hydrogens is 334 g/mol. The van der Waals surface area contributed by atoms with Crippen LogP contribution in [0.4, 0.5) is 11.4 Å². The number of benzene rings is 2. The van der Waals surface area contributed by atoms with Gasteiger partial charge in [0.2, 0.25) is 0 Å². The van der Waals surface area contributed by atoms with Crippen molar-refractivity contribution < 1.29 is 13.3 Å². The highest BCUT2D eigenvalue weighted by Crippen LogP contribution is 2.22. The van der Waals surface area contributed by atoms with Gasteiger partial charge in [0.05, 0.1) is 9.82 Å². The van der Waals surface area contributed by atoms with Crippen molar-refractivity contribution in [2.45, 2.75) is 4.90 Å². The summed E-state index contributed by atoms with van der Waals surface area (Å²) in [5, 5.41) is 17.2. The Labute approximate surface area is 136 Å². The highest BCUT2D eigenvalue weighted by molar-refractivity contribution is 7.92. The molecule has 0 saturated carbocycles. The number of nitro groups is 1. The molecule has 1 heterocycles. The van der Waals surface area contributed by atoms with E-state index in [9.17, 15) is 18.5 Å². The molecule has 0 aliphatic carbocycles. The average Bonchev–Trinajstić information content (AvgIpc) is 3.10. The zero-order valence-electron chi connectivity index (χ0n) is 12.1. The molecule has 0 bridgehead atoms. The standard InChI is InChI=1S/C14H11N5O4S/c20-19(21)12-2-1-3-13(8-12)24(22,23)18-11-6-4-10(5-7-11)14-15-9-16-17-14/h1-9,18H,(H,15,16,17). The molecule has 0 radical (unpaired) electrons. The van der Waals surface area contributed by atoms with Crippen molar-refractivity contribution in [1.82, 2.24) is 15.2 Å². The van der Waals surface area contributed by atoms with Crippen LogP contribution < -0.4 is 4.72 Å². The quantitative estimate of drug-likeness (QED) is 0.538. The molecule has 0 spiro atoms. The second-order valence-corrected chi connectivity index (χ2v) is 6.45. The second kappa shape index (κ2) is 6.08. The largest absolute Gasteiger partial charge is 0.280 e. The van der Waals surface area contributed by atoms with Gasteiger partial charge >= 0.3 is 0 Å². The predicted octanol–water partition coefficient (Wildman–Crippen LogP) is 2.18. The minimum absolute atomic E-state index is 0.184. The number of sulfonamides is 1. The molecule has 3 aromatic rings. The zero-order chi connectivity index (χ0) is 17.2. The molecule has 10 heteroatoms. The Morgan fingerprint density at radius 1 is 1.12 bits per heavy atom. The van der Waals surface area contributed by atoms with Crippen LogP contribution >= 0.6 is 0 Å². The fourth-order valence-electron chi connectivity index (χ4n) is 2.02. The minimum atomic E-state index is -3.93. The zero-order valence-corrected chi connectivity index (χ0v) is 12.9. The van der Waals surface area contributed by atoms with Crippen LogP contribution in [0.15, 0.2) is 59.8 Å². The molecule has 2 aromatic carbocycles. The molecule has 0 fully saturated rings. The number of hydrogen-bond acceptors (Lipinski definition) is 6. The van der Waals surface area contributed by atoms with E-state index in [1.807, 2.05) is 0 Å². The number of non-ortho nitro benzene ring substituents is 1. The maximum Gasteiger partial charge on any atom is 0.270 e. The number of hydrogen-bond donors (Lipinski definition) is 2. The van der Waals surface area contributed by atoms with Crippen LogP contribution in [-0.2, 0) is 10.0 Å². The molecule has 0 amide bonds. The summed E-state index contributed by atoms with van der Waals surface area (Å²) in [6.07, 6.45) is 1.37. The summed E-state index contributed by atoms with van der Waals surface area (Å²) in [4.78, 5) is 13.9. The normalized spacial score (nSPS) is 11.2. The van der Waals surface area contributed by atoms with Gasteiger partial charge in [0.25, 0.3) is 15.7 Å². The lowest BCUT2D eigenvalue weighted by molar-refractivity contribution is -0.385. The maximum absolute atomic E-state index is 12.3. The van der Waals surface area contributed by atoms with Crippen molar-refractivity contribution in [2.24, 2.45) is 0 Å². The molecule has 1 aromatic heterocycles. The van der Waals surface area contributed by atoms with E-state index in [0.29, 0.717) is 11.5 Å². The van der Waals surface area contributed by atoms with E-state index in [1.165, 1.54) is 24.5 Å². The van der Waals surface area contributed by atoms with Crippen molar-refractivity contribution in [1.29, 1.82) is 0 Å². The van der Waals surface area contributed by atoms with Crippen molar-refractivity contribution in [3.63, 3.8) is 0 Å². The van der Waals surface area contributed by atoms with Crippen molar-refractivity contribution >= 4 is 21.4 Å². The second-order valence-electron chi connectivity index (χ2n) is 4.77. The Bertz CT molecular complexity index is 969. The fraction of sp³-hybridized carbons (Fsp3) is 0. The molecule has 24 heavy (non-hydrogen) atoms. The molecule has 0 aliphatic heterocycles. The molecule has 0 aliphatic rings. The van der Waals surface area contributed by atoms with E-state index in [4.69, 9.17) is 0 Å². The van der Waals surface area contributed by atoms with Gasteiger partial charge in [0.1, 0.15) is 6.33 Å². The van der Waals surface area contributed by atoms with Gasteiger partial charge in [-0.3, -0.25) is 19.9 Å². The van der Waals surface area contributed by atoms with Crippen LogP contribution in [0.5, 0.6) is 0 Å². The molecule has 0 atom stereocenters. The number of nitro benzene ring substituents is 1. The summed E-state index contributed by atoms with van der Waals surface area (Å²) in [7, 11) is -3.93. The van der Waals surface area contributed by atoms with Gasteiger partial charge in [0, 0.05) is 23.4 Å². The third-order valence-corrected chi connectivity index (χ3v) is 4.54. The molecular formula is C14H11N5O4S. The van der Waals surface area contributed by atoms with Gasteiger partial charge in [0.15, 0.2) is 5.82 Å². The summed E-state index contributed by atoms with van der Waals surface area (Å²) < 4.78 is 27.0. The van der Waals surface area contributed by atoms with Gasteiger partial charge in [-0.2, -0.15) is 5.10 Å². The number of nitrogens with zero attached hydrogens (tertiary/aromatic N) is 3. The fourth-order valence-corrected chi connectivity index (χ4v) is 3.12. The Kier molecular flexibility index (Phi) is 3.96. The van der Waals surface area contributed by atoms with Crippen LogP contribution in [0.2, 0.25) is 0 Å². The minimum Gasteiger partial charge on any atom is -0.280 e. The third kappa shape index (κ3) is 3.22. The Morgan fingerprint density at radius 3 is 2.50 bits per heavy atom. The van der Waals surface area contributed by atoms with E-state index >= 15 is 0 Å². The molecule has 2 N–H and O–H groups in total. The topological polar surface area (TPSA) is 131 Å². The number of aromatic nitrogens is 3. The maximum atomic E-state index is 12.3. The van der Waals surface area contributed by atoms with E-state index in [2.05, 4.69) is 19.9 Å². The van der Waals surface area contributed by atoms with Crippen LogP contribution in [0.3, 0.4) is 0 Å². The van der Waals surface area contributed by atoms with Gasteiger partial charge in [-0.15, -0.1) is 0 Å². The molecule has 0 saturated heterocycles. The number of nitrogens with one attached hydrogen (secondary N) is 2. The third-order valence-electron chi connectivity index (χ3n) is 3.16. The first-order valence-electron chi connectivity index (χ1n) is 6.69. The lowest BCUT2D eigenvalue weighted by Crippen LogP contribution is -2.13. The van der Waals surface area contributed by atoms with E-state index in [-0.39, 0.29) is 10.6 Å². The summed E-state index contributed by atoms with van der Waals surface area (Å²) in [6, 6.07) is 11.3. The first-order valence-corrected chi connectivity index (χ1v) is 8.17. The SMILES string of the molecule is O=[N+]([O-])c1cccc(S(=O)(=O)Nc2ccc(-c3ncn[nH]3)cc2)c1. The first-order chi connectivity index (χ1) is 11.5. The molecule has 0 unspecified atom stereocenters. The Balaban J connectivity index is 1.84. The Hall–Kier alpha value is -3.27. The van der Waals surface area contributed by atoms with Crippen LogP contribution in [-0.4, -0.2) is 28.5 Å². The van der Waals surface area contributed by atoms with Gasteiger partial charge in [-0.05, 0) is 30.3 Å². The lowest BCUT2D eigenvalue weighted by Gasteiger charge is -2.08. The summed E-state index contributed by atoms with van der Waals surface area (Å²) in [5.41, 5.74) is 0.772. The highest BCUT2D eigenvalue weighted by Gasteiger charge is 2.17. The van der Waals surface area contributed by atoms with E-state index in [1.54, 1.807) is 24.3 Å². The average molecular weight is 345 g/mol. The van der Waals surface area contributed by atoms with E-state index in [0.717, 1.165) is 11.6 Å². The van der Waals surface area contributed by atoms with Crippen molar-refractivity contribution in [2.75, 3.05) is 4.72 Å². The number of aromatic amines is 1. The summed E-state index contributed by atoms with van der Waals surface area (Å²) >= 11 is 0. The number of H-pyrrole nitrogens is 1. The number of rotatable bonds is 5. The van der Waals surface area contributed by atoms with Crippen LogP contribution in [0.25, 0.3) is 11.4 Å². The summed E-state index contributed by atoms with van der Waals surface area (Å²) in [5.74, 6) is 0.558. The van der Waals surface area contributed by atoms with Crippen molar-refractivity contribution in [3.05, 3.63) is 65.0 Å². The molecule has 122 valence electrons. The van der Waals surface area contributed by atoms with E-state index < -0.39 is 14.9 Å². The number of anilines is 1. The smallest absolute Gasteiger partial charge is 0.270 e. The predicted molar refractivity (Wildman–Crippen MR) is 85.7 cm³/mol. The monoisotopic (exact) mass is 345 g/mol. The first kappa shape index (κ1) is 15.6. The van der Waals surface area contributed by atoms with Crippen LogP contribution in [0.1, 0.15) is 0 Å². The highest BCUT2D eigenvalue weighted by atomic mass is 32.2. The van der Waals surface area contributed by atoms with Gasteiger partial charge < -0.3 is 0 Å². The van der Waals surface area contributed by atoms with Gasteiger partial charge in [-0.25, -0.2) is 13.4 Å². The lowest BCUT2D eigenvalue weighted by atomic mass is 10.2. The molecule has 3 rings (SSSR count). The van der Waals surface area contributed by atoms with Gasteiger partial charge in [-0.1, -0.05) is 6.07 Å².